The molecule has 1 aromatic heterocycles. The van der Waals surface area contributed by atoms with Crippen molar-refractivity contribution in [2.24, 2.45) is 0 Å². The summed E-state index contributed by atoms with van der Waals surface area (Å²) in [6.07, 6.45) is 5.62. The molecule has 0 spiro atoms. The third kappa shape index (κ3) is 9.98. The van der Waals surface area contributed by atoms with Crippen molar-refractivity contribution in [2.45, 2.75) is 24.2 Å². The summed E-state index contributed by atoms with van der Waals surface area (Å²) in [6, 6.07) is 15.8. The van der Waals surface area contributed by atoms with Gasteiger partial charge in [-0.1, -0.05) is 47.5 Å². The molecule has 0 aliphatic carbocycles. The van der Waals surface area contributed by atoms with E-state index in [4.69, 9.17) is 43.3 Å². The highest BCUT2D eigenvalue weighted by Crippen LogP contribution is 2.22. The molecule has 3 rings (SSSR count). The fourth-order valence-electron chi connectivity index (χ4n) is 2.47. The summed E-state index contributed by atoms with van der Waals surface area (Å²) in [4.78, 5) is 12.5. The van der Waals surface area contributed by atoms with Crippen molar-refractivity contribution >= 4 is 35.0 Å². The topological polar surface area (TPSA) is 90.4 Å². The van der Waals surface area contributed by atoms with Crippen LogP contribution in [0.25, 0.3) is 0 Å². The van der Waals surface area contributed by atoms with Crippen LogP contribution in [0, 0.1) is 10.1 Å². The number of imidazole rings is 1. The third-order valence-electron chi connectivity index (χ3n) is 3.86. The number of rotatable bonds is 9. The van der Waals surface area contributed by atoms with Gasteiger partial charge in [-0.3, -0.25) is 0 Å². The van der Waals surface area contributed by atoms with Crippen LogP contribution in [-0.4, -0.2) is 31.7 Å². The third-order valence-corrected chi connectivity index (χ3v) is 5.62. The monoisotopic (exact) mass is 469 g/mol. The van der Waals surface area contributed by atoms with Gasteiger partial charge in [0.25, 0.3) is 5.09 Å². The van der Waals surface area contributed by atoms with Crippen LogP contribution in [0.5, 0.6) is 0 Å². The molecule has 1 heterocycles. The Morgan fingerprint density at radius 1 is 1.10 bits per heavy atom. The fourth-order valence-corrected chi connectivity index (χ4v) is 3.81. The van der Waals surface area contributed by atoms with E-state index in [0.717, 1.165) is 27.9 Å². The highest BCUT2D eigenvalue weighted by molar-refractivity contribution is 7.99. The minimum Gasteiger partial charge on any atom is -0.376 e. The van der Waals surface area contributed by atoms with Gasteiger partial charge in [-0.2, -0.15) is 0 Å². The number of thioether (sulfide) groups is 1. The van der Waals surface area contributed by atoms with E-state index in [-0.39, 0.29) is 0 Å². The van der Waals surface area contributed by atoms with Crippen LogP contribution in [-0.2, 0) is 23.6 Å². The van der Waals surface area contributed by atoms with Crippen LogP contribution >= 0.6 is 35.0 Å². The Labute approximate surface area is 188 Å². The molecule has 2 aromatic carbocycles. The van der Waals surface area contributed by atoms with Crippen LogP contribution in [0.2, 0.25) is 10.0 Å². The van der Waals surface area contributed by atoms with Crippen molar-refractivity contribution in [3.05, 3.63) is 98.5 Å². The van der Waals surface area contributed by atoms with E-state index in [1.165, 1.54) is 5.56 Å². The van der Waals surface area contributed by atoms with Gasteiger partial charge in [0.2, 0.25) is 0 Å². The molecule has 0 bridgehead atoms. The lowest BCUT2D eigenvalue weighted by Crippen LogP contribution is -2.19. The number of ether oxygens (including phenoxy) is 1. The first-order valence-electron chi connectivity index (χ1n) is 8.89. The summed E-state index contributed by atoms with van der Waals surface area (Å²) >= 11 is 13.8. The van der Waals surface area contributed by atoms with E-state index in [1.807, 2.05) is 60.7 Å². The first-order chi connectivity index (χ1) is 14.4. The summed E-state index contributed by atoms with van der Waals surface area (Å²) < 4.78 is 8.05. The number of benzene rings is 2. The Balaban J connectivity index is 0.000000735. The molecule has 30 heavy (non-hydrogen) atoms. The average molecular weight is 470 g/mol. The molecule has 0 radical (unpaired) electrons. The highest BCUT2D eigenvalue weighted by Gasteiger charge is 2.11. The number of aromatic nitrogens is 2. The van der Waals surface area contributed by atoms with Crippen molar-refractivity contribution < 1.29 is 15.0 Å². The van der Waals surface area contributed by atoms with Gasteiger partial charge >= 0.3 is 0 Å². The zero-order chi connectivity index (χ0) is 21.8. The molecule has 160 valence electrons. The molecule has 1 N–H and O–H groups in total. The molecule has 3 aromatic rings. The minimum absolute atomic E-state index is 0.326. The maximum Gasteiger partial charge on any atom is 0.291 e. The second-order valence-corrected chi connectivity index (χ2v) is 8.36. The van der Waals surface area contributed by atoms with Gasteiger partial charge in [0.05, 0.1) is 19.5 Å². The van der Waals surface area contributed by atoms with E-state index in [2.05, 4.69) is 21.7 Å². The Morgan fingerprint density at radius 2 is 1.67 bits per heavy atom. The molecule has 0 fully saturated rings. The molecule has 0 aliphatic heterocycles. The van der Waals surface area contributed by atoms with E-state index in [9.17, 15) is 0 Å². The predicted octanol–water partition coefficient (Wildman–Crippen LogP) is 5.36. The summed E-state index contributed by atoms with van der Waals surface area (Å²) in [7, 11) is 0. The number of hydrogen-bond donors (Lipinski definition) is 1. The van der Waals surface area contributed by atoms with E-state index < -0.39 is 5.09 Å². The quantitative estimate of drug-likeness (QED) is 0.335. The Kier molecular flexibility index (Phi) is 10.5. The van der Waals surface area contributed by atoms with Gasteiger partial charge in [-0.15, -0.1) is 21.9 Å². The van der Waals surface area contributed by atoms with Crippen molar-refractivity contribution in [2.75, 3.05) is 6.61 Å². The number of halogens is 2. The maximum atomic E-state index is 8.36. The Bertz CT molecular complexity index is 874. The van der Waals surface area contributed by atoms with Gasteiger partial charge < -0.3 is 14.5 Å². The SMILES string of the molecule is Clc1ccc(COCC(Cn2ccnc2)SCc2ccc(Cl)cc2)cc1.O=[N+]([O-])O. The first kappa shape index (κ1) is 24.0. The van der Waals surface area contributed by atoms with Crippen molar-refractivity contribution in [1.29, 1.82) is 0 Å². The standard InChI is InChI=1S/C20H20Cl2N2OS.HNO3/c21-18-5-1-16(2-6-18)12-25-13-20(11-24-10-9-23-15-24)26-14-17-3-7-19(22)8-4-17;2-1(3)4/h1-10,15,20H,11-14H2;(H,2,3,4). The van der Waals surface area contributed by atoms with Crippen molar-refractivity contribution in [3.8, 4) is 0 Å². The summed E-state index contributed by atoms with van der Waals surface area (Å²) in [5.74, 6) is 0.917. The Hall–Kier alpha value is -2.26. The summed E-state index contributed by atoms with van der Waals surface area (Å²) in [5, 5.41) is 15.5. The van der Waals surface area contributed by atoms with Crippen LogP contribution in [0.3, 0.4) is 0 Å². The lowest BCUT2D eigenvalue weighted by Gasteiger charge is -2.18. The molecular weight excluding hydrogens is 449 g/mol. The van der Waals surface area contributed by atoms with Crippen LogP contribution in [0.15, 0.2) is 67.3 Å². The van der Waals surface area contributed by atoms with Crippen molar-refractivity contribution in [3.63, 3.8) is 0 Å². The first-order valence-corrected chi connectivity index (χ1v) is 10.7. The van der Waals surface area contributed by atoms with Gasteiger partial charge in [0.15, 0.2) is 0 Å². The Morgan fingerprint density at radius 3 is 2.20 bits per heavy atom. The molecular formula is C20H21Cl2N3O4S. The summed E-state index contributed by atoms with van der Waals surface area (Å²) in [5.41, 5.74) is 2.38. The van der Waals surface area contributed by atoms with E-state index in [0.29, 0.717) is 18.5 Å². The smallest absolute Gasteiger partial charge is 0.291 e. The summed E-state index contributed by atoms with van der Waals surface area (Å²) in [6.45, 7) is 2.11. The van der Waals surface area contributed by atoms with E-state index >= 15 is 0 Å². The zero-order valence-corrected chi connectivity index (χ0v) is 18.3. The van der Waals surface area contributed by atoms with Crippen LogP contribution in [0.1, 0.15) is 11.1 Å². The lowest BCUT2D eigenvalue weighted by molar-refractivity contribution is -0.742. The van der Waals surface area contributed by atoms with Gasteiger partial charge in [0.1, 0.15) is 0 Å². The number of hydrogen-bond acceptors (Lipinski definition) is 5. The molecule has 10 heteroatoms. The minimum atomic E-state index is -1.50. The van der Waals surface area contributed by atoms with Crippen LogP contribution in [0.4, 0.5) is 0 Å². The molecule has 0 saturated heterocycles. The normalized spacial score (nSPS) is 11.4. The van der Waals surface area contributed by atoms with Crippen molar-refractivity contribution in [1.82, 2.24) is 9.55 Å². The molecule has 1 atom stereocenters. The molecule has 7 nitrogen and oxygen atoms in total. The lowest BCUT2D eigenvalue weighted by atomic mass is 10.2. The second kappa shape index (κ2) is 13.1. The zero-order valence-electron chi connectivity index (χ0n) is 15.9. The van der Waals surface area contributed by atoms with Gasteiger partial charge in [-0.05, 0) is 35.4 Å². The number of nitrogens with zero attached hydrogens (tertiary/aromatic N) is 3. The van der Waals surface area contributed by atoms with E-state index in [1.54, 1.807) is 6.20 Å². The largest absolute Gasteiger partial charge is 0.376 e. The van der Waals surface area contributed by atoms with Crippen LogP contribution < -0.4 is 0 Å². The second-order valence-electron chi connectivity index (χ2n) is 6.20. The van der Waals surface area contributed by atoms with Gasteiger partial charge in [0, 0.05) is 40.0 Å². The molecule has 0 saturated carbocycles. The highest BCUT2D eigenvalue weighted by atomic mass is 35.5. The predicted molar refractivity (Wildman–Crippen MR) is 119 cm³/mol. The average Bonchev–Trinajstić information content (AvgIpc) is 3.21. The molecule has 0 amide bonds. The molecule has 1 unspecified atom stereocenters. The van der Waals surface area contributed by atoms with Gasteiger partial charge in [-0.25, -0.2) is 4.98 Å². The molecule has 0 aliphatic rings. The fraction of sp³-hybridized carbons (Fsp3) is 0.250. The maximum absolute atomic E-state index is 8.36.